The Bertz CT molecular complexity index is 390. The van der Waals surface area contributed by atoms with E-state index in [0.29, 0.717) is 12.3 Å². The van der Waals surface area contributed by atoms with Crippen LogP contribution in [-0.4, -0.2) is 19.6 Å². The molecule has 1 aliphatic rings. The number of ether oxygens (including phenoxy) is 1. The smallest absolute Gasteiger partial charge is 0.229 e. The Kier molecular flexibility index (Phi) is 2.49. The van der Waals surface area contributed by atoms with E-state index in [1.165, 1.54) is 0 Å². The summed E-state index contributed by atoms with van der Waals surface area (Å²) in [6.07, 6.45) is 0. The van der Waals surface area contributed by atoms with Crippen LogP contribution in [0.3, 0.4) is 0 Å². The van der Waals surface area contributed by atoms with Crippen molar-refractivity contribution in [1.82, 2.24) is 0 Å². The SMILES string of the molecule is COc1cccc2c1NC(=O)C(C)CN2. The monoisotopic (exact) mass is 206 g/mol. The van der Waals surface area contributed by atoms with Crippen molar-refractivity contribution in [2.75, 3.05) is 24.3 Å². The summed E-state index contributed by atoms with van der Waals surface area (Å²) in [7, 11) is 1.59. The average molecular weight is 206 g/mol. The topological polar surface area (TPSA) is 50.4 Å². The van der Waals surface area contributed by atoms with Gasteiger partial charge in [0.05, 0.1) is 18.7 Å². The fourth-order valence-electron chi connectivity index (χ4n) is 1.58. The molecular formula is C11H14N2O2. The zero-order chi connectivity index (χ0) is 10.8. The molecule has 0 bridgehead atoms. The first-order valence-corrected chi connectivity index (χ1v) is 4.94. The van der Waals surface area contributed by atoms with Crippen LogP contribution >= 0.6 is 0 Å². The third kappa shape index (κ3) is 1.75. The highest BCUT2D eigenvalue weighted by molar-refractivity contribution is 5.99. The summed E-state index contributed by atoms with van der Waals surface area (Å²) in [6, 6.07) is 5.65. The lowest BCUT2D eigenvalue weighted by molar-refractivity contribution is -0.118. The van der Waals surface area contributed by atoms with Crippen LogP contribution in [0.1, 0.15) is 6.92 Å². The van der Waals surface area contributed by atoms with Gasteiger partial charge in [-0.2, -0.15) is 0 Å². The van der Waals surface area contributed by atoms with E-state index in [9.17, 15) is 4.79 Å². The van der Waals surface area contributed by atoms with Crippen molar-refractivity contribution < 1.29 is 9.53 Å². The number of benzene rings is 1. The van der Waals surface area contributed by atoms with Crippen LogP contribution < -0.4 is 15.4 Å². The Balaban J connectivity index is 2.43. The van der Waals surface area contributed by atoms with Gasteiger partial charge in [-0.1, -0.05) is 13.0 Å². The van der Waals surface area contributed by atoms with Crippen LogP contribution in [-0.2, 0) is 4.79 Å². The fourth-order valence-corrected chi connectivity index (χ4v) is 1.58. The zero-order valence-electron chi connectivity index (χ0n) is 8.83. The number of carbonyl (C=O) groups is 1. The summed E-state index contributed by atoms with van der Waals surface area (Å²) in [5.74, 6) is 0.662. The van der Waals surface area contributed by atoms with E-state index in [1.54, 1.807) is 7.11 Å². The summed E-state index contributed by atoms with van der Waals surface area (Å²) in [5, 5.41) is 6.08. The lowest BCUT2D eigenvalue weighted by Crippen LogP contribution is -2.22. The minimum Gasteiger partial charge on any atom is -0.494 e. The largest absolute Gasteiger partial charge is 0.494 e. The van der Waals surface area contributed by atoms with E-state index in [4.69, 9.17) is 4.74 Å². The molecule has 0 radical (unpaired) electrons. The quantitative estimate of drug-likeness (QED) is 0.735. The van der Waals surface area contributed by atoms with Gasteiger partial charge in [0.2, 0.25) is 5.91 Å². The van der Waals surface area contributed by atoms with Crippen molar-refractivity contribution in [3.63, 3.8) is 0 Å². The molecule has 0 fully saturated rings. The second-order valence-corrected chi connectivity index (χ2v) is 3.65. The van der Waals surface area contributed by atoms with Crippen LogP contribution in [0.5, 0.6) is 5.75 Å². The third-order valence-electron chi connectivity index (χ3n) is 2.54. The molecule has 1 aromatic carbocycles. The summed E-state index contributed by atoms with van der Waals surface area (Å²) < 4.78 is 5.20. The van der Waals surface area contributed by atoms with E-state index in [2.05, 4.69) is 10.6 Å². The van der Waals surface area contributed by atoms with E-state index < -0.39 is 0 Å². The van der Waals surface area contributed by atoms with Crippen molar-refractivity contribution >= 4 is 17.3 Å². The molecule has 15 heavy (non-hydrogen) atoms. The fraction of sp³-hybridized carbons (Fsp3) is 0.364. The number of methoxy groups -OCH3 is 1. The molecule has 0 aliphatic carbocycles. The van der Waals surface area contributed by atoms with Gasteiger partial charge < -0.3 is 15.4 Å². The number of amides is 1. The minimum atomic E-state index is -0.0397. The van der Waals surface area contributed by atoms with Crippen LogP contribution in [0.15, 0.2) is 18.2 Å². The average Bonchev–Trinajstić information content (AvgIpc) is 2.39. The second kappa shape index (κ2) is 3.81. The summed E-state index contributed by atoms with van der Waals surface area (Å²) >= 11 is 0. The van der Waals surface area contributed by atoms with Gasteiger partial charge in [-0.15, -0.1) is 0 Å². The Labute approximate surface area is 88.6 Å². The van der Waals surface area contributed by atoms with Gasteiger partial charge in [-0.3, -0.25) is 4.79 Å². The molecule has 0 aromatic heterocycles. The first-order chi connectivity index (χ1) is 7.22. The molecule has 0 saturated carbocycles. The molecule has 0 saturated heterocycles. The number of nitrogens with one attached hydrogen (secondary N) is 2. The predicted octanol–water partition coefficient (Wildman–Crippen LogP) is 1.70. The first-order valence-electron chi connectivity index (χ1n) is 4.94. The molecule has 1 aliphatic heterocycles. The molecule has 1 amide bonds. The molecule has 2 rings (SSSR count). The van der Waals surface area contributed by atoms with Gasteiger partial charge in [0.25, 0.3) is 0 Å². The van der Waals surface area contributed by atoms with Gasteiger partial charge >= 0.3 is 0 Å². The third-order valence-corrected chi connectivity index (χ3v) is 2.54. The molecule has 80 valence electrons. The minimum absolute atomic E-state index is 0.0192. The van der Waals surface area contributed by atoms with Crippen LogP contribution in [0.4, 0.5) is 11.4 Å². The number of fused-ring (bicyclic) bond motifs is 1. The van der Waals surface area contributed by atoms with Crippen molar-refractivity contribution in [2.24, 2.45) is 5.92 Å². The van der Waals surface area contributed by atoms with E-state index >= 15 is 0 Å². The predicted molar refractivity (Wildman–Crippen MR) is 59.3 cm³/mol. The molecule has 0 spiro atoms. The Hall–Kier alpha value is -1.71. The summed E-state index contributed by atoms with van der Waals surface area (Å²) in [4.78, 5) is 11.6. The molecule has 1 atom stereocenters. The van der Waals surface area contributed by atoms with Gasteiger partial charge in [-0.25, -0.2) is 0 Å². The van der Waals surface area contributed by atoms with Crippen LogP contribution in [0.25, 0.3) is 0 Å². The lowest BCUT2D eigenvalue weighted by atomic mass is 10.2. The highest BCUT2D eigenvalue weighted by Gasteiger charge is 2.21. The Morgan fingerprint density at radius 1 is 1.47 bits per heavy atom. The first kappa shape index (κ1) is 9.83. The number of rotatable bonds is 1. The second-order valence-electron chi connectivity index (χ2n) is 3.65. The van der Waals surface area contributed by atoms with E-state index in [-0.39, 0.29) is 11.8 Å². The van der Waals surface area contributed by atoms with Crippen molar-refractivity contribution in [3.05, 3.63) is 18.2 Å². The van der Waals surface area contributed by atoms with E-state index in [1.807, 2.05) is 25.1 Å². The zero-order valence-corrected chi connectivity index (χ0v) is 8.83. The molecule has 2 N–H and O–H groups in total. The lowest BCUT2D eigenvalue weighted by Gasteiger charge is -2.11. The summed E-state index contributed by atoms with van der Waals surface area (Å²) in [6.45, 7) is 2.53. The van der Waals surface area contributed by atoms with Crippen LogP contribution in [0.2, 0.25) is 0 Å². The maximum absolute atomic E-state index is 11.6. The van der Waals surface area contributed by atoms with Gasteiger partial charge in [0.15, 0.2) is 0 Å². The molecule has 4 nitrogen and oxygen atoms in total. The molecule has 4 heteroatoms. The molecule has 1 aromatic rings. The Morgan fingerprint density at radius 3 is 3.00 bits per heavy atom. The molecule has 1 heterocycles. The van der Waals surface area contributed by atoms with Crippen molar-refractivity contribution in [1.29, 1.82) is 0 Å². The number of anilines is 2. The van der Waals surface area contributed by atoms with Gasteiger partial charge in [0.1, 0.15) is 11.4 Å². The number of hydrogen-bond acceptors (Lipinski definition) is 3. The van der Waals surface area contributed by atoms with Crippen molar-refractivity contribution in [3.8, 4) is 5.75 Å². The number of carbonyl (C=O) groups excluding carboxylic acids is 1. The van der Waals surface area contributed by atoms with Crippen LogP contribution in [0, 0.1) is 5.92 Å². The molecule has 1 unspecified atom stereocenters. The normalized spacial score (nSPS) is 19.6. The highest BCUT2D eigenvalue weighted by atomic mass is 16.5. The highest BCUT2D eigenvalue weighted by Crippen LogP contribution is 2.34. The van der Waals surface area contributed by atoms with Gasteiger partial charge in [-0.05, 0) is 12.1 Å². The maximum Gasteiger partial charge on any atom is 0.229 e. The van der Waals surface area contributed by atoms with Crippen molar-refractivity contribution in [2.45, 2.75) is 6.92 Å². The standard InChI is InChI=1S/C11H14N2O2/c1-7-6-12-8-4-3-5-9(15-2)10(8)13-11(7)14/h3-5,7,12H,6H2,1-2H3,(H,13,14). The number of hydrogen-bond donors (Lipinski definition) is 2. The summed E-state index contributed by atoms with van der Waals surface area (Å²) in [5.41, 5.74) is 1.64. The number of para-hydroxylation sites is 1. The van der Waals surface area contributed by atoms with Gasteiger partial charge in [0, 0.05) is 6.54 Å². The molecular weight excluding hydrogens is 192 g/mol. The van der Waals surface area contributed by atoms with E-state index in [0.717, 1.165) is 11.4 Å². The maximum atomic E-state index is 11.6. The Morgan fingerprint density at radius 2 is 2.27 bits per heavy atom.